The summed E-state index contributed by atoms with van der Waals surface area (Å²) in [4.78, 5) is 24.7. The summed E-state index contributed by atoms with van der Waals surface area (Å²) in [5.41, 5.74) is 2.13. The van der Waals surface area contributed by atoms with Crippen molar-refractivity contribution in [1.29, 1.82) is 0 Å². The van der Waals surface area contributed by atoms with E-state index in [1.807, 2.05) is 30.3 Å². The highest BCUT2D eigenvalue weighted by atomic mass is 32.2. The van der Waals surface area contributed by atoms with Crippen LogP contribution in [0.25, 0.3) is 16.9 Å². The van der Waals surface area contributed by atoms with Gasteiger partial charge in [-0.3, -0.25) is 9.36 Å². The number of pyridine rings is 1. The van der Waals surface area contributed by atoms with Gasteiger partial charge in [0.1, 0.15) is 17.7 Å². The van der Waals surface area contributed by atoms with E-state index in [1.54, 1.807) is 35.6 Å². The highest BCUT2D eigenvalue weighted by Crippen LogP contribution is 2.23. The number of amides is 1. The van der Waals surface area contributed by atoms with Gasteiger partial charge in [-0.1, -0.05) is 23.9 Å². The van der Waals surface area contributed by atoms with Crippen molar-refractivity contribution in [2.75, 3.05) is 11.1 Å². The number of thioether (sulfide) groups is 1. The van der Waals surface area contributed by atoms with E-state index in [0.29, 0.717) is 16.5 Å². The van der Waals surface area contributed by atoms with Crippen molar-refractivity contribution in [2.45, 2.75) is 5.22 Å². The molecule has 0 radical (unpaired) electrons. The molecule has 4 rings (SSSR count). The first kappa shape index (κ1) is 15.4. The van der Waals surface area contributed by atoms with Gasteiger partial charge in [-0.15, -0.1) is 0 Å². The maximum Gasteiger partial charge on any atom is 0.257 e. The van der Waals surface area contributed by atoms with Gasteiger partial charge < -0.3 is 9.73 Å². The van der Waals surface area contributed by atoms with Crippen molar-refractivity contribution >= 4 is 34.5 Å². The molecule has 3 heterocycles. The van der Waals surface area contributed by atoms with E-state index in [2.05, 4.69) is 20.3 Å². The molecule has 0 fully saturated rings. The van der Waals surface area contributed by atoms with Crippen molar-refractivity contribution in [3.8, 4) is 5.82 Å². The number of anilines is 1. The summed E-state index contributed by atoms with van der Waals surface area (Å²) in [7, 11) is 0. The molecule has 1 N–H and O–H groups in total. The molecule has 0 aliphatic heterocycles. The number of hydrogen-bond acceptors (Lipinski definition) is 6. The molecule has 0 saturated carbocycles. The Morgan fingerprint density at radius 1 is 1.24 bits per heavy atom. The lowest BCUT2D eigenvalue weighted by Crippen LogP contribution is -2.14. The van der Waals surface area contributed by atoms with Crippen molar-refractivity contribution in [3.63, 3.8) is 0 Å². The molecule has 0 spiro atoms. The molecule has 0 aliphatic rings. The van der Waals surface area contributed by atoms with Gasteiger partial charge in [0.15, 0.2) is 5.58 Å². The fourth-order valence-electron chi connectivity index (χ4n) is 2.24. The number of carbonyl (C=O) groups excluding carboxylic acids is 1. The third kappa shape index (κ3) is 3.53. The van der Waals surface area contributed by atoms with Gasteiger partial charge in [0, 0.05) is 12.4 Å². The van der Waals surface area contributed by atoms with Crippen LogP contribution in [0.1, 0.15) is 0 Å². The molecule has 1 amide bonds. The van der Waals surface area contributed by atoms with E-state index in [0.717, 1.165) is 11.3 Å². The normalized spacial score (nSPS) is 10.9. The standard InChI is InChI=1S/C17H13N5O2S/c23-16(10-25-17-21-13-3-1-2-4-14(13)24-17)20-12-5-6-15(19-9-12)22-8-7-18-11-22/h1-9,11H,10H2,(H,20,23). The first-order valence-corrected chi connectivity index (χ1v) is 8.49. The summed E-state index contributed by atoms with van der Waals surface area (Å²) in [6.07, 6.45) is 6.76. The molecule has 124 valence electrons. The van der Waals surface area contributed by atoms with E-state index in [9.17, 15) is 4.79 Å². The first-order valence-electron chi connectivity index (χ1n) is 7.50. The number of fused-ring (bicyclic) bond motifs is 1. The lowest BCUT2D eigenvalue weighted by Gasteiger charge is -2.05. The van der Waals surface area contributed by atoms with E-state index in [-0.39, 0.29) is 11.7 Å². The number of carbonyl (C=O) groups is 1. The lowest BCUT2D eigenvalue weighted by atomic mass is 10.3. The second-order valence-electron chi connectivity index (χ2n) is 5.16. The maximum atomic E-state index is 12.1. The van der Waals surface area contributed by atoms with Crippen molar-refractivity contribution < 1.29 is 9.21 Å². The van der Waals surface area contributed by atoms with Crippen LogP contribution in [0.5, 0.6) is 0 Å². The number of benzene rings is 1. The number of hydrogen-bond donors (Lipinski definition) is 1. The monoisotopic (exact) mass is 351 g/mol. The van der Waals surface area contributed by atoms with Gasteiger partial charge in [-0.25, -0.2) is 15.0 Å². The van der Waals surface area contributed by atoms with Crippen LogP contribution in [0.15, 0.2) is 71.0 Å². The Morgan fingerprint density at radius 2 is 2.16 bits per heavy atom. The van der Waals surface area contributed by atoms with Gasteiger partial charge >= 0.3 is 0 Å². The average molecular weight is 351 g/mol. The van der Waals surface area contributed by atoms with Crippen LogP contribution in [0.4, 0.5) is 5.69 Å². The third-order valence-corrected chi connectivity index (χ3v) is 4.23. The number of nitrogens with zero attached hydrogens (tertiary/aromatic N) is 4. The Morgan fingerprint density at radius 3 is 2.92 bits per heavy atom. The zero-order valence-corrected chi connectivity index (χ0v) is 13.8. The summed E-state index contributed by atoms with van der Waals surface area (Å²) in [5.74, 6) is 0.789. The Hall–Kier alpha value is -3.13. The summed E-state index contributed by atoms with van der Waals surface area (Å²) >= 11 is 1.25. The Kier molecular flexibility index (Phi) is 4.17. The number of oxazole rings is 1. The molecule has 0 saturated heterocycles. The Balaban J connectivity index is 1.35. The number of nitrogens with one attached hydrogen (secondary N) is 1. The van der Waals surface area contributed by atoms with Crippen LogP contribution in [-0.4, -0.2) is 31.2 Å². The highest BCUT2D eigenvalue weighted by molar-refractivity contribution is 7.99. The second-order valence-corrected chi connectivity index (χ2v) is 6.09. The van der Waals surface area contributed by atoms with Gasteiger partial charge in [-0.05, 0) is 24.3 Å². The van der Waals surface area contributed by atoms with E-state index in [1.165, 1.54) is 11.8 Å². The molecule has 25 heavy (non-hydrogen) atoms. The SMILES string of the molecule is O=C(CSc1nc2ccccc2o1)Nc1ccc(-n2ccnc2)nc1. The van der Waals surface area contributed by atoms with E-state index < -0.39 is 0 Å². The zero-order chi connectivity index (χ0) is 17.1. The fourth-order valence-corrected chi connectivity index (χ4v) is 2.88. The maximum absolute atomic E-state index is 12.1. The molecule has 7 nitrogen and oxygen atoms in total. The molecule has 4 aromatic rings. The van der Waals surface area contributed by atoms with Crippen LogP contribution in [0.3, 0.4) is 0 Å². The highest BCUT2D eigenvalue weighted by Gasteiger charge is 2.09. The minimum Gasteiger partial charge on any atom is -0.431 e. The van der Waals surface area contributed by atoms with Crippen molar-refractivity contribution in [3.05, 3.63) is 61.3 Å². The second kappa shape index (κ2) is 6.78. The number of rotatable bonds is 5. The van der Waals surface area contributed by atoms with Crippen LogP contribution in [0, 0.1) is 0 Å². The molecule has 1 aromatic carbocycles. The largest absolute Gasteiger partial charge is 0.431 e. The molecule has 0 unspecified atom stereocenters. The van der Waals surface area contributed by atoms with Crippen molar-refractivity contribution in [1.82, 2.24) is 19.5 Å². The first-order chi connectivity index (χ1) is 12.3. The number of para-hydroxylation sites is 2. The molecule has 3 aromatic heterocycles. The predicted molar refractivity (Wildman–Crippen MR) is 94.7 cm³/mol. The summed E-state index contributed by atoms with van der Waals surface area (Å²) in [6.45, 7) is 0. The molecule has 0 bridgehead atoms. The Labute approximate surface area is 147 Å². The minimum atomic E-state index is -0.149. The number of aromatic nitrogens is 4. The van der Waals surface area contributed by atoms with Gasteiger partial charge in [-0.2, -0.15) is 0 Å². The Bertz CT molecular complexity index is 963. The summed E-state index contributed by atoms with van der Waals surface area (Å²) in [6, 6.07) is 11.1. The van der Waals surface area contributed by atoms with Crippen molar-refractivity contribution in [2.24, 2.45) is 0 Å². The molecule has 0 atom stereocenters. The quantitative estimate of drug-likeness (QED) is 0.556. The zero-order valence-electron chi connectivity index (χ0n) is 13.0. The topological polar surface area (TPSA) is 85.8 Å². The van der Waals surface area contributed by atoms with Gasteiger partial charge in [0.05, 0.1) is 17.6 Å². The van der Waals surface area contributed by atoms with Crippen LogP contribution in [0.2, 0.25) is 0 Å². The van der Waals surface area contributed by atoms with Gasteiger partial charge in [0.2, 0.25) is 5.91 Å². The van der Waals surface area contributed by atoms with Crippen LogP contribution >= 0.6 is 11.8 Å². The molecular formula is C17H13N5O2S. The van der Waals surface area contributed by atoms with E-state index in [4.69, 9.17) is 4.42 Å². The minimum absolute atomic E-state index is 0.149. The molecular weight excluding hydrogens is 338 g/mol. The number of imidazole rings is 1. The molecule has 0 aliphatic carbocycles. The predicted octanol–water partition coefficient (Wildman–Crippen LogP) is 3.14. The third-order valence-electron chi connectivity index (χ3n) is 3.40. The summed E-state index contributed by atoms with van der Waals surface area (Å²) in [5, 5.41) is 3.28. The van der Waals surface area contributed by atoms with Crippen LogP contribution in [-0.2, 0) is 4.79 Å². The van der Waals surface area contributed by atoms with Gasteiger partial charge in [0.25, 0.3) is 5.22 Å². The summed E-state index contributed by atoms with van der Waals surface area (Å²) < 4.78 is 7.36. The van der Waals surface area contributed by atoms with E-state index >= 15 is 0 Å². The average Bonchev–Trinajstić information content (AvgIpc) is 3.30. The fraction of sp³-hybridized carbons (Fsp3) is 0.0588. The lowest BCUT2D eigenvalue weighted by molar-refractivity contribution is -0.113. The molecule has 8 heteroatoms. The van der Waals surface area contributed by atoms with Crippen LogP contribution < -0.4 is 5.32 Å². The smallest absolute Gasteiger partial charge is 0.257 e.